The van der Waals surface area contributed by atoms with E-state index in [2.05, 4.69) is 56.4 Å². The summed E-state index contributed by atoms with van der Waals surface area (Å²) in [6.45, 7) is 7.40. The number of hydrogen-bond acceptors (Lipinski definition) is 1. The third kappa shape index (κ3) is 3.59. The molecule has 0 aliphatic carbocycles. The van der Waals surface area contributed by atoms with Crippen LogP contribution in [-0.4, -0.2) is 0 Å². The van der Waals surface area contributed by atoms with Crippen molar-refractivity contribution in [3.8, 4) is 0 Å². The van der Waals surface area contributed by atoms with Crippen molar-refractivity contribution in [1.82, 2.24) is 5.32 Å². The summed E-state index contributed by atoms with van der Waals surface area (Å²) in [7, 11) is 0. The predicted octanol–water partition coefficient (Wildman–Crippen LogP) is 4.81. The van der Waals surface area contributed by atoms with Gasteiger partial charge in [-0.05, 0) is 55.2 Å². The van der Waals surface area contributed by atoms with Crippen LogP contribution in [-0.2, 0) is 6.54 Å². The molecule has 0 spiro atoms. The highest BCUT2D eigenvalue weighted by molar-refractivity contribution is 6.30. The summed E-state index contributed by atoms with van der Waals surface area (Å²) < 4.78 is 0. The van der Waals surface area contributed by atoms with Crippen LogP contribution in [0.15, 0.2) is 42.5 Å². The fourth-order valence-electron chi connectivity index (χ4n) is 2.25. The van der Waals surface area contributed by atoms with E-state index in [0.717, 1.165) is 11.6 Å². The minimum atomic E-state index is 0.316. The topological polar surface area (TPSA) is 12.0 Å². The molecular formula is C17H20ClN. The van der Waals surface area contributed by atoms with E-state index in [1.807, 2.05) is 12.1 Å². The fourth-order valence-corrected chi connectivity index (χ4v) is 2.38. The van der Waals surface area contributed by atoms with Crippen LogP contribution in [0.1, 0.15) is 35.2 Å². The molecule has 2 aromatic carbocycles. The van der Waals surface area contributed by atoms with Crippen molar-refractivity contribution in [1.29, 1.82) is 0 Å². The van der Waals surface area contributed by atoms with Gasteiger partial charge in [-0.15, -0.1) is 0 Å². The lowest BCUT2D eigenvalue weighted by Crippen LogP contribution is -2.19. The maximum Gasteiger partial charge on any atom is 0.0406 e. The number of benzene rings is 2. The van der Waals surface area contributed by atoms with Crippen LogP contribution in [0.25, 0.3) is 0 Å². The summed E-state index contributed by atoms with van der Waals surface area (Å²) in [6, 6.07) is 14.8. The van der Waals surface area contributed by atoms with Crippen molar-refractivity contribution >= 4 is 11.6 Å². The first-order valence-corrected chi connectivity index (χ1v) is 6.99. The zero-order chi connectivity index (χ0) is 13.8. The number of hydrogen-bond donors (Lipinski definition) is 1. The van der Waals surface area contributed by atoms with E-state index in [0.29, 0.717) is 6.04 Å². The Labute approximate surface area is 120 Å². The molecule has 0 heterocycles. The van der Waals surface area contributed by atoms with Crippen molar-refractivity contribution in [3.63, 3.8) is 0 Å². The van der Waals surface area contributed by atoms with Crippen LogP contribution in [0.2, 0.25) is 5.02 Å². The molecule has 0 unspecified atom stereocenters. The predicted molar refractivity (Wildman–Crippen MR) is 82.6 cm³/mol. The highest BCUT2D eigenvalue weighted by Crippen LogP contribution is 2.18. The molecular weight excluding hydrogens is 254 g/mol. The second kappa shape index (κ2) is 6.23. The highest BCUT2D eigenvalue weighted by atomic mass is 35.5. The molecule has 0 aliphatic heterocycles. The Kier molecular flexibility index (Phi) is 4.62. The van der Waals surface area contributed by atoms with Gasteiger partial charge in [0.2, 0.25) is 0 Å². The maximum atomic E-state index is 5.91. The summed E-state index contributed by atoms with van der Waals surface area (Å²) in [6.07, 6.45) is 0. The molecule has 0 saturated heterocycles. The van der Waals surface area contributed by atoms with E-state index >= 15 is 0 Å². The molecule has 0 aromatic heterocycles. The van der Waals surface area contributed by atoms with Crippen LogP contribution >= 0.6 is 11.6 Å². The van der Waals surface area contributed by atoms with Crippen molar-refractivity contribution in [2.45, 2.75) is 33.4 Å². The van der Waals surface area contributed by atoms with Crippen LogP contribution in [0.5, 0.6) is 0 Å². The smallest absolute Gasteiger partial charge is 0.0406 e. The first kappa shape index (κ1) is 14.1. The minimum absolute atomic E-state index is 0.316. The fraction of sp³-hybridized carbons (Fsp3) is 0.294. The monoisotopic (exact) mass is 273 g/mol. The van der Waals surface area contributed by atoms with Gasteiger partial charge in [0.05, 0.1) is 0 Å². The number of rotatable bonds is 4. The largest absolute Gasteiger partial charge is 0.306 e. The van der Waals surface area contributed by atoms with Gasteiger partial charge in [-0.25, -0.2) is 0 Å². The molecule has 100 valence electrons. The molecule has 0 bridgehead atoms. The van der Waals surface area contributed by atoms with Gasteiger partial charge in [0.1, 0.15) is 0 Å². The first-order chi connectivity index (χ1) is 9.08. The minimum Gasteiger partial charge on any atom is -0.306 e. The summed E-state index contributed by atoms with van der Waals surface area (Å²) >= 11 is 5.91. The second-order valence-electron chi connectivity index (χ2n) is 5.02. The Morgan fingerprint density at radius 1 is 1.00 bits per heavy atom. The van der Waals surface area contributed by atoms with Gasteiger partial charge in [-0.1, -0.05) is 41.9 Å². The van der Waals surface area contributed by atoms with Gasteiger partial charge in [0, 0.05) is 17.6 Å². The van der Waals surface area contributed by atoms with Crippen molar-refractivity contribution < 1.29 is 0 Å². The van der Waals surface area contributed by atoms with Crippen molar-refractivity contribution in [3.05, 3.63) is 69.7 Å². The molecule has 1 atom stereocenters. The highest BCUT2D eigenvalue weighted by Gasteiger charge is 2.07. The van der Waals surface area contributed by atoms with Crippen LogP contribution in [0.4, 0.5) is 0 Å². The number of halogens is 1. The van der Waals surface area contributed by atoms with E-state index in [9.17, 15) is 0 Å². The lowest BCUT2D eigenvalue weighted by molar-refractivity contribution is 0.572. The maximum absolute atomic E-state index is 5.91. The molecule has 0 fully saturated rings. The molecule has 2 rings (SSSR count). The molecule has 0 amide bonds. The summed E-state index contributed by atoms with van der Waals surface area (Å²) in [5.41, 5.74) is 5.34. The Bertz CT molecular complexity index is 525. The zero-order valence-electron chi connectivity index (χ0n) is 11.7. The molecule has 0 saturated carbocycles. The average Bonchev–Trinajstić information content (AvgIpc) is 2.38. The summed E-state index contributed by atoms with van der Waals surface area (Å²) in [5, 5.41) is 4.36. The molecule has 1 nitrogen and oxygen atoms in total. The summed E-state index contributed by atoms with van der Waals surface area (Å²) in [5.74, 6) is 0. The normalized spacial score (nSPS) is 12.4. The average molecular weight is 274 g/mol. The lowest BCUT2D eigenvalue weighted by atomic mass is 10.0. The van der Waals surface area contributed by atoms with Gasteiger partial charge in [0.25, 0.3) is 0 Å². The lowest BCUT2D eigenvalue weighted by Gasteiger charge is -2.17. The molecule has 2 heteroatoms. The van der Waals surface area contributed by atoms with E-state index in [4.69, 9.17) is 11.6 Å². The van der Waals surface area contributed by atoms with Crippen LogP contribution < -0.4 is 5.32 Å². The van der Waals surface area contributed by atoms with E-state index in [-0.39, 0.29) is 0 Å². The van der Waals surface area contributed by atoms with Crippen LogP contribution in [0, 0.1) is 13.8 Å². The quantitative estimate of drug-likeness (QED) is 0.843. The van der Waals surface area contributed by atoms with E-state index in [1.54, 1.807) is 0 Å². The van der Waals surface area contributed by atoms with Crippen molar-refractivity contribution in [2.24, 2.45) is 0 Å². The molecule has 0 aliphatic rings. The standard InChI is InChI=1S/C17H20ClN/c1-12-5-4-6-13(2)17(12)11-19-14(3)15-7-9-16(18)10-8-15/h4-10,14,19H,11H2,1-3H3/t14-/m1/s1. The molecule has 2 aromatic rings. The molecule has 0 radical (unpaired) electrons. The van der Waals surface area contributed by atoms with E-state index < -0.39 is 0 Å². The van der Waals surface area contributed by atoms with Gasteiger partial charge < -0.3 is 5.32 Å². The van der Waals surface area contributed by atoms with Crippen LogP contribution in [0.3, 0.4) is 0 Å². The molecule has 1 N–H and O–H groups in total. The Morgan fingerprint density at radius 3 is 2.16 bits per heavy atom. The third-order valence-corrected chi connectivity index (χ3v) is 3.85. The van der Waals surface area contributed by atoms with E-state index in [1.165, 1.54) is 22.3 Å². The van der Waals surface area contributed by atoms with Gasteiger partial charge in [-0.3, -0.25) is 0 Å². The SMILES string of the molecule is Cc1cccc(C)c1CN[C@H](C)c1ccc(Cl)cc1. The number of nitrogens with one attached hydrogen (secondary N) is 1. The second-order valence-corrected chi connectivity index (χ2v) is 5.46. The van der Waals surface area contributed by atoms with Gasteiger partial charge >= 0.3 is 0 Å². The Balaban J connectivity index is 2.04. The third-order valence-electron chi connectivity index (χ3n) is 3.60. The Morgan fingerprint density at radius 2 is 1.58 bits per heavy atom. The zero-order valence-corrected chi connectivity index (χ0v) is 12.5. The van der Waals surface area contributed by atoms with Crippen molar-refractivity contribution in [2.75, 3.05) is 0 Å². The summed E-state index contributed by atoms with van der Waals surface area (Å²) in [4.78, 5) is 0. The Hall–Kier alpha value is -1.31. The first-order valence-electron chi connectivity index (χ1n) is 6.62. The van der Waals surface area contributed by atoms with Gasteiger partial charge in [-0.2, -0.15) is 0 Å². The van der Waals surface area contributed by atoms with Gasteiger partial charge in [0.15, 0.2) is 0 Å². The number of aryl methyl sites for hydroxylation is 2. The molecule has 19 heavy (non-hydrogen) atoms.